The zero-order chi connectivity index (χ0) is 50.4. The van der Waals surface area contributed by atoms with Crippen molar-refractivity contribution in [2.75, 3.05) is 27.4 Å². The normalized spacial score (nSPS) is 11.8. The second kappa shape index (κ2) is 23.4. The second-order valence-corrected chi connectivity index (χ2v) is 26.4. The Morgan fingerprint density at radius 1 is 0.257 bits per heavy atom. The van der Waals surface area contributed by atoms with Crippen molar-refractivity contribution < 1.29 is 18.9 Å². The molecular formula is C68H60O4Si2. The van der Waals surface area contributed by atoms with Crippen LogP contribution in [0.15, 0.2) is 279 Å². The van der Waals surface area contributed by atoms with E-state index in [9.17, 15) is 0 Å². The SMILES string of the molecule is COc1ccccc1/C(=C(/c1ccccc1OC)c1ccccc1OCC[Si](c1ccccc1)(c1ccccc1)c1ccccc1)c1ccccc1OCC[Si](c1ccccc1)(c1ccccc1)c1ccccc1. The largest absolute Gasteiger partial charge is 0.496 e. The highest BCUT2D eigenvalue weighted by Crippen LogP contribution is 2.47. The van der Waals surface area contributed by atoms with E-state index in [1.807, 2.05) is 24.3 Å². The number of methoxy groups -OCH3 is 2. The first-order valence-corrected chi connectivity index (χ1v) is 29.9. The van der Waals surface area contributed by atoms with Gasteiger partial charge in [-0.25, -0.2) is 0 Å². The fourth-order valence-electron chi connectivity index (χ4n) is 11.0. The number of rotatable bonds is 20. The number of para-hydroxylation sites is 4. The van der Waals surface area contributed by atoms with E-state index in [-0.39, 0.29) is 0 Å². The molecule has 0 saturated carbocycles. The lowest BCUT2D eigenvalue weighted by atomic mass is 9.84. The van der Waals surface area contributed by atoms with Crippen LogP contribution in [0.1, 0.15) is 22.3 Å². The molecule has 0 aromatic heterocycles. The van der Waals surface area contributed by atoms with Crippen LogP contribution in [0, 0.1) is 0 Å². The average molecular weight is 997 g/mol. The van der Waals surface area contributed by atoms with Gasteiger partial charge in [0.15, 0.2) is 16.1 Å². The molecule has 0 aliphatic heterocycles. The predicted octanol–water partition coefficient (Wildman–Crippen LogP) is 11.8. The number of benzene rings is 10. The molecule has 74 heavy (non-hydrogen) atoms. The summed E-state index contributed by atoms with van der Waals surface area (Å²) in [4.78, 5) is 0. The van der Waals surface area contributed by atoms with Crippen LogP contribution >= 0.6 is 0 Å². The van der Waals surface area contributed by atoms with Crippen LogP contribution in [-0.2, 0) is 0 Å². The van der Waals surface area contributed by atoms with Crippen LogP contribution in [0.25, 0.3) is 11.1 Å². The summed E-state index contributed by atoms with van der Waals surface area (Å²) in [5.74, 6) is 2.99. The van der Waals surface area contributed by atoms with E-state index in [0.717, 1.165) is 68.5 Å². The molecule has 0 bridgehead atoms. The number of hydrogen-bond donors (Lipinski definition) is 0. The first kappa shape index (κ1) is 49.2. The summed E-state index contributed by atoms with van der Waals surface area (Å²) in [5.41, 5.74) is 5.51. The summed E-state index contributed by atoms with van der Waals surface area (Å²) in [6.07, 6.45) is 0. The molecule has 4 nitrogen and oxygen atoms in total. The summed E-state index contributed by atoms with van der Waals surface area (Å²) in [5, 5.41) is 8.06. The smallest absolute Gasteiger partial charge is 0.151 e. The summed E-state index contributed by atoms with van der Waals surface area (Å²) in [7, 11) is -1.78. The highest BCUT2D eigenvalue weighted by atomic mass is 28.3. The minimum atomic E-state index is -2.63. The molecule has 0 N–H and O–H groups in total. The first-order chi connectivity index (χ1) is 36.7. The van der Waals surface area contributed by atoms with Crippen molar-refractivity contribution in [2.45, 2.75) is 12.1 Å². The molecule has 10 aromatic carbocycles. The summed E-state index contributed by atoms with van der Waals surface area (Å²) in [6.45, 7) is 0.946. The molecule has 0 spiro atoms. The van der Waals surface area contributed by atoms with E-state index in [1.165, 1.54) is 31.1 Å². The predicted molar refractivity (Wildman–Crippen MR) is 312 cm³/mol. The van der Waals surface area contributed by atoms with Gasteiger partial charge in [0, 0.05) is 33.4 Å². The van der Waals surface area contributed by atoms with Crippen molar-refractivity contribution in [3.63, 3.8) is 0 Å². The summed E-state index contributed by atoms with van der Waals surface area (Å²) < 4.78 is 27.1. The second-order valence-electron chi connectivity index (χ2n) is 18.3. The molecule has 0 aliphatic rings. The van der Waals surface area contributed by atoms with E-state index in [4.69, 9.17) is 18.9 Å². The molecule has 0 radical (unpaired) electrons. The zero-order valence-electron chi connectivity index (χ0n) is 42.0. The fourth-order valence-corrected chi connectivity index (χ4v) is 20.1. The van der Waals surface area contributed by atoms with E-state index in [2.05, 4.69) is 255 Å². The Hall–Kier alpha value is -8.43. The van der Waals surface area contributed by atoms with Crippen LogP contribution in [0.2, 0.25) is 12.1 Å². The van der Waals surface area contributed by atoms with Crippen LogP contribution in [0.5, 0.6) is 23.0 Å². The van der Waals surface area contributed by atoms with Crippen molar-refractivity contribution in [2.24, 2.45) is 0 Å². The number of hydrogen-bond acceptors (Lipinski definition) is 4. The van der Waals surface area contributed by atoms with E-state index in [1.54, 1.807) is 14.2 Å². The van der Waals surface area contributed by atoms with Gasteiger partial charge >= 0.3 is 0 Å². The molecule has 10 aromatic rings. The van der Waals surface area contributed by atoms with Gasteiger partial charge in [0.1, 0.15) is 23.0 Å². The minimum Gasteiger partial charge on any atom is -0.496 e. The number of ether oxygens (including phenoxy) is 4. The zero-order valence-corrected chi connectivity index (χ0v) is 44.0. The fraction of sp³-hybridized carbons (Fsp3) is 0.0882. The Morgan fingerprint density at radius 3 is 0.703 bits per heavy atom. The molecule has 0 amide bonds. The lowest BCUT2D eigenvalue weighted by Crippen LogP contribution is -2.67. The van der Waals surface area contributed by atoms with Gasteiger partial charge in [0.2, 0.25) is 0 Å². The van der Waals surface area contributed by atoms with Crippen molar-refractivity contribution in [1.29, 1.82) is 0 Å². The first-order valence-electron chi connectivity index (χ1n) is 25.4. The lowest BCUT2D eigenvalue weighted by Gasteiger charge is -2.34. The Labute approximate surface area is 438 Å². The Kier molecular flexibility index (Phi) is 15.6. The van der Waals surface area contributed by atoms with Crippen LogP contribution in [-0.4, -0.2) is 43.6 Å². The molecule has 0 fully saturated rings. The van der Waals surface area contributed by atoms with Gasteiger partial charge in [-0.3, -0.25) is 0 Å². The molecule has 0 atom stereocenters. The standard InChI is InChI=1S/C68H60O4Si2/c1-69-63-45-25-21-41-59(63)67(61-43-23-27-47-65(61)71-49-51-73(53-29-9-3-10-30-53,54-31-11-4-12-32-54)55-33-13-5-14-34-55)68(60-42-22-26-46-64(60)70-2)62-44-24-28-48-66(62)72-50-52-74(56-35-15-6-16-36-56,57-37-17-7-18-38-57)58-39-19-8-20-40-58/h3-48H,49-52H2,1-2H3/b68-67+. The minimum absolute atomic E-state index is 0.473. The Bertz CT molecular complexity index is 2980. The van der Waals surface area contributed by atoms with Gasteiger partial charge in [-0.15, -0.1) is 0 Å². The van der Waals surface area contributed by atoms with Crippen LogP contribution in [0.3, 0.4) is 0 Å². The third-order valence-electron chi connectivity index (χ3n) is 14.4. The molecule has 0 saturated heterocycles. The highest BCUT2D eigenvalue weighted by molar-refractivity contribution is 7.12. The molecule has 0 heterocycles. The molecule has 0 aliphatic carbocycles. The lowest BCUT2D eigenvalue weighted by molar-refractivity contribution is 0.337. The molecular weight excluding hydrogens is 937 g/mol. The van der Waals surface area contributed by atoms with Gasteiger partial charge in [0.25, 0.3) is 0 Å². The van der Waals surface area contributed by atoms with Crippen molar-refractivity contribution in [1.82, 2.24) is 0 Å². The van der Waals surface area contributed by atoms with Gasteiger partial charge in [-0.1, -0.05) is 255 Å². The van der Waals surface area contributed by atoms with E-state index < -0.39 is 16.1 Å². The summed E-state index contributed by atoms with van der Waals surface area (Å²) >= 11 is 0. The quantitative estimate of drug-likeness (QED) is 0.0433. The van der Waals surface area contributed by atoms with Crippen molar-refractivity contribution in [3.8, 4) is 23.0 Å². The van der Waals surface area contributed by atoms with Gasteiger partial charge < -0.3 is 18.9 Å². The van der Waals surface area contributed by atoms with Crippen molar-refractivity contribution in [3.05, 3.63) is 301 Å². The molecule has 0 unspecified atom stereocenters. The topological polar surface area (TPSA) is 36.9 Å². The Balaban J connectivity index is 1.12. The van der Waals surface area contributed by atoms with Gasteiger partial charge in [0.05, 0.1) is 27.4 Å². The summed E-state index contributed by atoms with van der Waals surface area (Å²) in [6, 6.07) is 101. The average Bonchev–Trinajstić information content (AvgIpc) is 3.49. The van der Waals surface area contributed by atoms with Gasteiger partial charge in [-0.2, -0.15) is 0 Å². The maximum atomic E-state index is 7.27. The monoisotopic (exact) mass is 996 g/mol. The van der Waals surface area contributed by atoms with Crippen LogP contribution in [0.4, 0.5) is 0 Å². The Morgan fingerprint density at radius 2 is 0.459 bits per heavy atom. The van der Waals surface area contributed by atoms with Crippen LogP contribution < -0.4 is 50.1 Å². The highest BCUT2D eigenvalue weighted by Gasteiger charge is 2.41. The third-order valence-corrected chi connectivity index (χ3v) is 24.2. The van der Waals surface area contributed by atoms with E-state index in [0.29, 0.717) is 13.2 Å². The third kappa shape index (κ3) is 10.0. The van der Waals surface area contributed by atoms with Crippen molar-refractivity contribution >= 4 is 58.4 Å². The van der Waals surface area contributed by atoms with E-state index >= 15 is 0 Å². The molecule has 364 valence electrons. The maximum absolute atomic E-state index is 7.27. The molecule has 6 heteroatoms. The molecule has 10 rings (SSSR count). The van der Waals surface area contributed by atoms with Gasteiger partial charge in [-0.05, 0) is 67.5 Å². The maximum Gasteiger partial charge on any atom is 0.151 e.